The predicted molar refractivity (Wildman–Crippen MR) is 75.6 cm³/mol. The van der Waals surface area contributed by atoms with Gasteiger partial charge in [-0.05, 0) is 38.5 Å². The number of halogens is 3. The number of alkyl carbamates (subject to hydrolysis) is 1. The van der Waals surface area contributed by atoms with Gasteiger partial charge >= 0.3 is 12.3 Å². The monoisotopic (exact) mass is 351 g/mol. The minimum atomic E-state index is -4.53. The van der Waals surface area contributed by atoms with Crippen LogP contribution in [0.2, 0.25) is 0 Å². The minimum absolute atomic E-state index is 0.195. The second-order valence-corrected chi connectivity index (χ2v) is 6.38. The third-order valence-corrected chi connectivity index (χ3v) is 4.50. The normalized spacial score (nSPS) is 20.0. The molecule has 2 rings (SSSR count). The summed E-state index contributed by atoms with van der Waals surface area (Å²) in [7, 11) is 0. The second kappa shape index (κ2) is 6.48. The van der Waals surface area contributed by atoms with Crippen molar-refractivity contribution in [2.45, 2.75) is 50.2 Å². The number of nitrogens with one attached hydrogen (secondary N) is 2. The molecule has 0 aliphatic heterocycles. The van der Waals surface area contributed by atoms with Gasteiger partial charge in [-0.1, -0.05) is 0 Å². The van der Waals surface area contributed by atoms with Crippen LogP contribution in [0, 0.1) is 5.41 Å². The highest BCUT2D eigenvalue weighted by Crippen LogP contribution is 2.49. The summed E-state index contributed by atoms with van der Waals surface area (Å²) in [4.78, 5) is 34.0. The van der Waals surface area contributed by atoms with Crippen LogP contribution in [0.1, 0.15) is 38.5 Å². The van der Waals surface area contributed by atoms with Crippen molar-refractivity contribution in [3.8, 4) is 0 Å². The van der Waals surface area contributed by atoms with E-state index in [1.807, 2.05) is 0 Å². The Bertz CT molecular complexity index is 528. The SMILES string of the molecule is NC(=O)C1(CCCNC(=O)COC(=O)NC2(C(F)(F)F)CC2)CC1. The summed E-state index contributed by atoms with van der Waals surface area (Å²) in [6.45, 7) is -0.397. The van der Waals surface area contributed by atoms with Gasteiger partial charge in [0.2, 0.25) is 5.91 Å². The Kier molecular flexibility index (Phi) is 4.95. The quantitative estimate of drug-likeness (QED) is 0.566. The van der Waals surface area contributed by atoms with Gasteiger partial charge in [0.05, 0.1) is 0 Å². The largest absolute Gasteiger partial charge is 0.439 e. The molecular formula is C14H20F3N3O4. The summed E-state index contributed by atoms with van der Waals surface area (Å²) in [6.07, 6.45) is -3.59. The highest BCUT2D eigenvalue weighted by molar-refractivity contribution is 5.83. The fourth-order valence-corrected chi connectivity index (χ4v) is 2.44. The molecule has 0 aromatic carbocycles. The number of rotatable bonds is 8. The summed E-state index contributed by atoms with van der Waals surface area (Å²) in [5.74, 6) is -0.960. The van der Waals surface area contributed by atoms with Crippen LogP contribution in [0.5, 0.6) is 0 Å². The van der Waals surface area contributed by atoms with E-state index in [0.29, 0.717) is 12.8 Å². The van der Waals surface area contributed by atoms with Crippen LogP contribution in [0.3, 0.4) is 0 Å². The van der Waals surface area contributed by atoms with Gasteiger partial charge in [-0.25, -0.2) is 4.79 Å². The molecule has 0 saturated heterocycles. The molecule has 10 heteroatoms. The summed E-state index contributed by atoms with van der Waals surface area (Å²) < 4.78 is 42.4. The van der Waals surface area contributed by atoms with Gasteiger partial charge in [0.15, 0.2) is 6.61 Å². The Morgan fingerprint density at radius 2 is 1.75 bits per heavy atom. The first-order valence-corrected chi connectivity index (χ1v) is 7.69. The molecule has 0 aromatic rings. The molecule has 2 saturated carbocycles. The van der Waals surface area contributed by atoms with Crippen molar-refractivity contribution in [1.29, 1.82) is 0 Å². The molecule has 0 heterocycles. The van der Waals surface area contributed by atoms with E-state index in [9.17, 15) is 27.6 Å². The van der Waals surface area contributed by atoms with Gasteiger partial charge in [0.25, 0.3) is 5.91 Å². The Morgan fingerprint density at radius 1 is 1.12 bits per heavy atom. The van der Waals surface area contributed by atoms with Crippen molar-refractivity contribution >= 4 is 17.9 Å². The first-order valence-electron chi connectivity index (χ1n) is 7.69. The molecule has 136 valence electrons. The molecule has 4 N–H and O–H groups in total. The molecule has 0 unspecified atom stereocenters. The van der Waals surface area contributed by atoms with Gasteiger partial charge in [-0.2, -0.15) is 13.2 Å². The number of carbonyl (C=O) groups is 3. The van der Waals surface area contributed by atoms with Gasteiger partial charge in [-0.15, -0.1) is 0 Å². The zero-order chi connectivity index (χ0) is 18.0. The molecule has 2 aliphatic rings. The lowest BCUT2D eigenvalue weighted by Crippen LogP contribution is -2.48. The Labute approximate surface area is 136 Å². The average Bonchev–Trinajstić information content (AvgIpc) is 3.35. The maximum absolute atomic E-state index is 12.6. The lowest BCUT2D eigenvalue weighted by molar-refractivity contribution is -0.164. The topological polar surface area (TPSA) is 111 Å². The zero-order valence-electron chi connectivity index (χ0n) is 13.0. The van der Waals surface area contributed by atoms with Crippen LogP contribution in [0.25, 0.3) is 0 Å². The van der Waals surface area contributed by atoms with Crippen LogP contribution in [0.4, 0.5) is 18.0 Å². The fourth-order valence-electron chi connectivity index (χ4n) is 2.44. The summed E-state index contributed by atoms with van der Waals surface area (Å²) in [5.41, 5.74) is 2.61. The third kappa shape index (κ3) is 4.30. The van der Waals surface area contributed by atoms with Crippen LogP contribution in [-0.4, -0.2) is 42.8 Å². The second-order valence-electron chi connectivity index (χ2n) is 6.38. The molecule has 0 aromatic heterocycles. The highest BCUT2D eigenvalue weighted by Gasteiger charge is 2.64. The first kappa shape index (κ1) is 18.3. The Balaban J connectivity index is 1.58. The van der Waals surface area contributed by atoms with Crippen molar-refractivity contribution < 1.29 is 32.3 Å². The van der Waals surface area contributed by atoms with Crippen LogP contribution < -0.4 is 16.4 Å². The molecule has 0 radical (unpaired) electrons. The molecule has 0 spiro atoms. The number of primary amides is 1. The molecule has 0 bridgehead atoms. The summed E-state index contributed by atoms with van der Waals surface area (Å²) in [6, 6.07) is 0. The zero-order valence-corrected chi connectivity index (χ0v) is 13.0. The average molecular weight is 351 g/mol. The smallest absolute Gasteiger partial charge is 0.411 e. The predicted octanol–water partition coefficient (Wildman–Crippen LogP) is 0.969. The van der Waals surface area contributed by atoms with Gasteiger partial charge < -0.3 is 21.1 Å². The Hall–Kier alpha value is -2.00. The van der Waals surface area contributed by atoms with Crippen molar-refractivity contribution in [2.24, 2.45) is 11.1 Å². The summed E-state index contributed by atoms with van der Waals surface area (Å²) >= 11 is 0. The van der Waals surface area contributed by atoms with E-state index in [2.05, 4.69) is 10.1 Å². The van der Waals surface area contributed by atoms with Gasteiger partial charge in [0.1, 0.15) is 5.54 Å². The van der Waals surface area contributed by atoms with Crippen LogP contribution in [0.15, 0.2) is 0 Å². The first-order chi connectivity index (χ1) is 11.1. The number of ether oxygens (including phenoxy) is 1. The van der Waals surface area contributed by atoms with E-state index < -0.39 is 35.7 Å². The van der Waals surface area contributed by atoms with Crippen molar-refractivity contribution in [3.05, 3.63) is 0 Å². The molecule has 7 nitrogen and oxygen atoms in total. The molecular weight excluding hydrogens is 331 g/mol. The standard InChI is InChI=1S/C14H20F3N3O4/c15-14(16,17)13(5-6-13)20-11(23)24-8-9(21)19-7-1-2-12(3-4-12)10(18)22/h1-8H2,(H2,18,22)(H,19,21)(H,20,23). The lowest BCUT2D eigenvalue weighted by atomic mass is 10.00. The number of hydrogen-bond donors (Lipinski definition) is 3. The van der Waals surface area contributed by atoms with Crippen LogP contribution in [-0.2, 0) is 14.3 Å². The number of alkyl halides is 3. The minimum Gasteiger partial charge on any atom is -0.439 e. The number of amides is 3. The van der Waals surface area contributed by atoms with Crippen molar-refractivity contribution in [3.63, 3.8) is 0 Å². The molecule has 2 aliphatic carbocycles. The number of hydrogen-bond acceptors (Lipinski definition) is 4. The molecule has 24 heavy (non-hydrogen) atoms. The van der Waals surface area contributed by atoms with Crippen molar-refractivity contribution in [1.82, 2.24) is 10.6 Å². The lowest BCUT2D eigenvalue weighted by Gasteiger charge is -2.20. The Morgan fingerprint density at radius 3 is 2.21 bits per heavy atom. The maximum Gasteiger partial charge on any atom is 0.411 e. The molecule has 0 atom stereocenters. The fraction of sp³-hybridized carbons (Fsp3) is 0.786. The molecule has 2 fully saturated rings. The van der Waals surface area contributed by atoms with Crippen molar-refractivity contribution in [2.75, 3.05) is 13.2 Å². The third-order valence-electron chi connectivity index (χ3n) is 4.50. The maximum atomic E-state index is 12.6. The van der Waals surface area contributed by atoms with E-state index >= 15 is 0 Å². The van der Waals surface area contributed by atoms with Gasteiger partial charge in [-0.3, -0.25) is 9.59 Å². The summed E-state index contributed by atoms with van der Waals surface area (Å²) in [5, 5.41) is 4.22. The van der Waals surface area contributed by atoms with E-state index in [4.69, 9.17) is 5.73 Å². The number of nitrogens with two attached hydrogens (primary N) is 1. The van der Waals surface area contributed by atoms with Gasteiger partial charge in [0, 0.05) is 12.0 Å². The van der Waals surface area contributed by atoms with E-state index in [1.54, 1.807) is 5.32 Å². The number of carbonyl (C=O) groups excluding carboxylic acids is 3. The van der Waals surface area contributed by atoms with E-state index in [-0.39, 0.29) is 25.3 Å². The van der Waals surface area contributed by atoms with E-state index in [0.717, 1.165) is 12.8 Å². The molecule has 3 amide bonds. The van der Waals surface area contributed by atoms with Crippen LogP contribution >= 0.6 is 0 Å². The highest BCUT2D eigenvalue weighted by atomic mass is 19.4. The van der Waals surface area contributed by atoms with E-state index in [1.165, 1.54) is 0 Å².